The number of primary amides is 1. The first kappa shape index (κ1) is 24.5. The van der Waals surface area contributed by atoms with Crippen LogP contribution in [0.5, 0.6) is 5.75 Å². The molecule has 1 saturated heterocycles. The fourth-order valence-electron chi connectivity index (χ4n) is 4.94. The number of amides is 2. The highest BCUT2D eigenvalue weighted by molar-refractivity contribution is 5.99. The van der Waals surface area contributed by atoms with Crippen LogP contribution in [0, 0.1) is 5.92 Å². The number of piperidine rings is 1. The molecule has 1 aliphatic rings. The van der Waals surface area contributed by atoms with Crippen LogP contribution in [0.2, 0.25) is 0 Å². The van der Waals surface area contributed by atoms with Gasteiger partial charge in [-0.2, -0.15) is 0 Å². The molecule has 3 heterocycles. The largest absolute Gasteiger partial charge is 0.494 e. The molecule has 0 atom stereocenters. The summed E-state index contributed by atoms with van der Waals surface area (Å²) in [7, 11) is 0. The van der Waals surface area contributed by atoms with E-state index < -0.39 is 5.91 Å². The summed E-state index contributed by atoms with van der Waals surface area (Å²) in [5, 5.41) is 0. The number of benzene rings is 2. The molecule has 190 valence electrons. The van der Waals surface area contributed by atoms with Crippen molar-refractivity contribution in [1.29, 1.82) is 0 Å². The van der Waals surface area contributed by atoms with Crippen LogP contribution in [0.3, 0.4) is 0 Å². The third-order valence-corrected chi connectivity index (χ3v) is 7.00. The van der Waals surface area contributed by atoms with Gasteiger partial charge in [0, 0.05) is 18.7 Å². The van der Waals surface area contributed by atoms with Crippen LogP contribution in [0.4, 0.5) is 0 Å². The molecule has 1 fully saturated rings. The Bertz CT molecular complexity index is 1390. The fraction of sp³-hybridized carbons (Fsp3) is 0.310. The Morgan fingerprint density at radius 2 is 1.78 bits per heavy atom. The van der Waals surface area contributed by atoms with E-state index in [9.17, 15) is 9.59 Å². The van der Waals surface area contributed by atoms with Gasteiger partial charge in [-0.15, -0.1) is 0 Å². The molecule has 2 aromatic carbocycles. The van der Waals surface area contributed by atoms with Gasteiger partial charge in [0.15, 0.2) is 11.3 Å². The molecular formula is C29H31N5O3. The first-order chi connectivity index (χ1) is 18.0. The molecule has 0 radical (unpaired) electrons. The Hall–Kier alpha value is -4.20. The van der Waals surface area contributed by atoms with Gasteiger partial charge in [0.1, 0.15) is 17.8 Å². The molecule has 0 spiro atoms. The van der Waals surface area contributed by atoms with Crippen molar-refractivity contribution >= 4 is 17.5 Å². The molecule has 4 aromatic rings. The number of carbonyl (C=O) groups is 2. The number of nitrogens with zero attached hydrogens (tertiary/aromatic N) is 4. The van der Waals surface area contributed by atoms with Crippen LogP contribution in [-0.4, -0.2) is 50.8 Å². The maximum atomic E-state index is 13.7. The van der Waals surface area contributed by atoms with Crippen molar-refractivity contribution in [2.24, 2.45) is 11.7 Å². The lowest BCUT2D eigenvalue weighted by Gasteiger charge is -2.32. The zero-order valence-corrected chi connectivity index (χ0v) is 21.0. The van der Waals surface area contributed by atoms with Gasteiger partial charge in [-0.05, 0) is 62.3 Å². The Kier molecular flexibility index (Phi) is 7.16. The fourth-order valence-corrected chi connectivity index (χ4v) is 4.94. The second-order valence-corrected chi connectivity index (χ2v) is 9.39. The van der Waals surface area contributed by atoms with Crippen LogP contribution in [0.1, 0.15) is 52.7 Å². The van der Waals surface area contributed by atoms with Gasteiger partial charge in [0.25, 0.3) is 11.8 Å². The number of hydrogen-bond acceptors (Lipinski definition) is 5. The number of rotatable bonds is 8. The SMILES string of the molecule is CCOc1ccc(CCC2CCN(C(=O)c3cc(-c4ccccc4)nc4c(C(N)=O)ncn34)CC2)cc1. The molecule has 2 N–H and O–H groups in total. The average molecular weight is 498 g/mol. The lowest BCUT2D eigenvalue weighted by Crippen LogP contribution is -2.39. The number of nitrogens with two attached hydrogens (primary N) is 1. The monoisotopic (exact) mass is 497 g/mol. The first-order valence-electron chi connectivity index (χ1n) is 12.8. The summed E-state index contributed by atoms with van der Waals surface area (Å²) in [6, 6.07) is 19.7. The van der Waals surface area contributed by atoms with Crippen molar-refractivity contribution in [3.8, 4) is 17.0 Å². The van der Waals surface area contributed by atoms with Crippen LogP contribution in [0.15, 0.2) is 67.0 Å². The molecule has 37 heavy (non-hydrogen) atoms. The molecule has 8 nitrogen and oxygen atoms in total. The second kappa shape index (κ2) is 10.8. The van der Waals surface area contributed by atoms with Crippen molar-refractivity contribution in [2.45, 2.75) is 32.6 Å². The maximum Gasteiger partial charge on any atom is 0.271 e. The Labute approximate surface area is 216 Å². The Morgan fingerprint density at radius 1 is 1.05 bits per heavy atom. The highest BCUT2D eigenvalue weighted by Gasteiger charge is 2.27. The van der Waals surface area contributed by atoms with E-state index in [4.69, 9.17) is 10.5 Å². The molecule has 5 rings (SSSR count). The van der Waals surface area contributed by atoms with Crippen LogP contribution < -0.4 is 10.5 Å². The van der Waals surface area contributed by atoms with Crippen molar-refractivity contribution in [3.05, 3.63) is 83.9 Å². The van der Waals surface area contributed by atoms with Gasteiger partial charge in [-0.3, -0.25) is 14.0 Å². The van der Waals surface area contributed by atoms with E-state index in [2.05, 4.69) is 22.1 Å². The number of likely N-dealkylation sites (tertiary alicyclic amines) is 1. The summed E-state index contributed by atoms with van der Waals surface area (Å²) < 4.78 is 7.10. The third kappa shape index (κ3) is 5.33. The first-order valence-corrected chi connectivity index (χ1v) is 12.8. The van der Waals surface area contributed by atoms with Crippen molar-refractivity contribution in [1.82, 2.24) is 19.3 Å². The summed E-state index contributed by atoms with van der Waals surface area (Å²) in [6.45, 7) is 4.03. The van der Waals surface area contributed by atoms with Crippen molar-refractivity contribution in [3.63, 3.8) is 0 Å². The quantitative estimate of drug-likeness (QED) is 0.389. The number of hydrogen-bond donors (Lipinski definition) is 1. The minimum Gasteiger partial charge on any atom is -0.494 e. The van der Waals surface area contributed by atoms with Gasteiger partial charge in [0.05, 0.1) is 12.3 Å². The predicted octanol–water partition coefficient (Wildman–Crippen LogP) is 4.38. The van der Waals surface area contributed by atoms with E-state index >= 15 is 0 Å². The number of aromatic nitrogens is 3. The molecule has 0 saturated carbocycles. The van der Waals surface area contributed by atoms with Gasteiger partial charge >= 0.3 is 0 Å². The average Bonchev–Trinajstić information content (AvgIpc) is 3.37. The Balaban J connectivity index is 1.30. The summed E-state index contributed by atoms with van der Waals surface area (Å²) >= 11 is 0. The van der Waals surface area contributed by atoms with E-state index in [1.165, 1.54) is 11.9 Å². The number of ether oxygens (including phenoxy) is 1. The molecule has 0 aliphatic carbocycles. The van der Waals surface area contributed by atoms with Crippen LogP contribution in [0.25, 0.3) is 16.9 Å². The summed E-state index contributed by atoms with van der Waals surface area (Å²) in [6.07, 6.45) is 5.48. The van der Waals surface area contributed by atoms with Crippen LogP contribution >= 0.6 is 0 Å². The van der Waals surface area contributed by atoms with Gasteiger partial charge in [-0.25, -0.2) is 9.97 Å². The predicted molar refractivity (Wildman–Crippen MR) is 142 cm³/mol. The maximum absolute atomic E-state index is 13.7. The van der Waals surface area contributed by atoms with Gasteiger partial charge in [-0.1, -0.05) is 42.5 Å². The molecule has 0 unspecified atom stereocenters. The molecule has 2 amide bonds. The van der Waals surface area contributed by atoms with Crippen molar-refractivity contribution in [2.75, 3.05) is 19.7 Å². The lowest BCUT2D eigenvalue weighted by molar-refractivity contribution is 0.0679. The van der Waals surface area contributed by atoms with Crippen molar-refractivity contribution < 1.29 is 14.3 Å². The van der Waals surface area contributed by atoms with E-state index in [0.717, 1.165) is 37.0 Å². The summed E-state index contributed by atoms with van der Waals surface area (Å²) in [4.78, 5) is 36.3. The topological polar surface area (TPSA) is 103 Å². The zero-order valence-electron chi connectivity index (χ0n) is 21.0. The summed E-state index contributed by atoms with van der Waals surface area (Å²) in [5.74, 6) is 0.706. The Morgan fingerprint density at radius 3 is 2.46 bits per heavy atom. The van der Waals surface area contributed by atoms with E-state index in [0.29, 0.717) is 42.6 Å². The zero-order chi connectivity index (χ0) is 25.8. The minimum absolute atomic E-state index is 0.0554. The normalized spacial score (nSPS) is 14.1. The number of aryl methyl sites for hydroxylation is 1. The standard InChI is InChI=1S/C29H31N5O3/c1-2-37-23-12-10-20(11-13-23)8-9-21-14-16-33(17-15-21)29(36)25-18-24(22-6-4-3-5-7-22)32-28-26(27(30)35)31-19-34(25)28/h3-7,10-13,18-19,21H,2,8-9,14-17H2,1H3,(H2,30,35). The number of fused-ring (bicyclic) bond motifs is 1. The molecule has 8 heteroatoms. The number of carbonyl (C=O) groups excluding carboxylic acids is 2. The lowest BCUT2D eigenvalue weighted by atomic mass is 9.90. The van der Waals surface area contributed by atoms with E-state index in [1.807, 2.05) is 54.3 Å². The smallest absolute Gasteiger partial charge is 0.271 e. The molecule has 0 bridgehead atoms. The highest BCUT2D eigenvalue weighted by Crippen LogP contribution is 2.26. The van der Waals surface area contributed by atoms with Gasteiger partial charge < -0.3 is 15.4 Å². The number of imidazole rings is 1. The molecular weight excluding hydrogens is 466 g/mol. The highest BCUT2D eigenvalue weighted by atomic mass is 16.5. The summed E-state index contributed by atoms with van der Waals surface area (Å²) in [5.41, 5.74) is 9.07. The van der Waals surface area contributed by atoms with E-state index in [-0.39, 0.29) is 11.6 Å². The molecule has 2 aromatic heterocycles. The van der Waals surface area contributed by atoms with Crippen LogP contribution in [-0.2, 0) is 6.42 Å². The third-order valence-electron chi connectivity index (χ3n) is 7.00. The minimum atomic E-state index is -0.674. The van der Waals surface area contributed by atoms with E-state index in [1.54, 1.807) is 10.5 Å². The second-order valence-electron chi connectivity index (χ2n) is 9.39. The van der Waals surface area contributed by atoms with Gasteiger partial charge in [0.2, 0.25) is 0 Å². The molecule has 1 aliphatic heterocycles.